The van der Waals surface area contributed by atoms with Crippen molar-refractivity contribution in [1.29, 1.82) is 0 Å². The van der Waals surface area contributed by atoms with Gasteiger partial charge in [0, 0.05) is 13.0 Å². The van der Waals surface area contributed by atoms with Crippen molar-refractivity contribution in [2.45, 2.75) is 172 Å². The quantitative estimate of drug-likeness (QED) is 0.0855. The Morgan fingerprint density at radius 2 is 0.957 bits per heavy atom. The Balaban J connectivity index is 0.000000339. The molecule has 6 rings (SSSR count). The lowest BCUT2D eigenvalue weighted by molar-refractivity contribution is -0.107. The molecule has 3 aromatic rings. The zero-order valence-electron chi connectivity index (χ0n) is 45.9. The van der Waals surface area contributed by atoms with Crippen LogP contribution in [0.5, 0.6) is 0 Å². The molecule has 0 saturated carbocycles. The van der Waals surface area contributed by atoms with Gasteiger partial charge in [0.1, 0.15) is 6.29 Å². The highest BCUT2D eigenvalue weighted by atomic mass is 19.1. The average Bonchev–Trinajstić information content (AvgIpc) is 3.31. The molecule has 0 amide bonds. The van der Waals surface area contributed by atoms with Gasteiger partial charge in [-0.1, -0.05) is 192 Å². The molecular formula is C65H93FO3. The molecule has 0 fully saturated rings. The fourth-order valence-corrected chi connectivity index (χ4v) is 10.1. The number of rotatable bonds is 16. The van der Waals surface area contributed by atoms with E-state index in [0.29, 0.717) is 23.9 Å². The number of unbranched alkanes of at least 4 members (excludes halogenated alkanes) is 3. The molecule has 0 atom stereocenters. The van der Waals surface area contributed by atoms with E-state index >= 15 is 0 Å². The Morgan fingerprint density at radius 1 is 0.580 bits per heavy atom. The maximum atomic E-state index is 10.5. The van der Waals surface area contributed by atoms with Gasteiger partial charge in [-0.25, -0.2) is 0 Å². The lowest BCUT2D eigenvalue weighted by atomic mass is 9.72. The van der Waals surface area contributed by atoms with E-state index in [1.54, 1.807) is 11.1 Å². The summed E-state index contributed by atoms with van der Waals surface area (Å²) in [6.07, 6.45) is 34.8. The van der Waals surface area contributed by atoms with Crippen molar-refractivity contribution < 1.29 is 20.8 Å². The van der Waals surface area contributed by atoms with Crippen molar-refractivity contribution in [3.63, 3.8) is 0 Å². The summed E-state index contributed by atoms with van der Waals surface area (Å²) in [6, 6.07) is 26.1. The van der Waals surface area contributed by atoms with Crippen LogP contribution in [0.2, 0.25) is 0 Å². The smallest absolute Gasteiger partial charge is 0.120 e. The molecule has 0 unspecified atom stereocenters. The summed E-state index contributed by atoms with van der Waals surface area (Å²) in [5.74, 6) is 0. The molecule has 3 aliphatic rings. The molecule has 0 radical (unpaired) electrons. The lowest BCUT2D eigenvalue weighted by Gasteiger charge is -2.32. The summed E-state index contributed by atoms with van der Waals surface area (Å²) in [4.78, 5) is 10.5. The minimum Gasteiger partial charge on any atom is -0.396 e. The first-order valence-corrected chi connectivity index (χ1v) is 25.9. The number of halogens is 1. The highest BCUT2D eigenvalue weighted by molar-refractivity contribution is 5.58. The van der Waals surface area contributed by atoms with Gasteiger partial charge < -0.3 is 15.0 Å². The molecule has 0 heterocycles. The monoisotopic (exact) mass is 942 g/mol. The molecule has 0 saturated heterocycles. The van der Waals surface area contributed by atoms with Gasteiger partial charge in [0.25, 0.3) is 0 Å². The van der Waals surface area contributed by atoms with E-state index in [1.807, 2.05) is 0 Å². The molecule has 4 heteroatoms. The Hall–Kier alpha value is -4.64. The number of carbonyl (C=O) groups excluding carboxylic acids is 1. The predicted molar refractivity (Wildman–Crippen MR) is 300 cm³/mol. The molecule has 378 valence electrons. The summed E-state index contributed by atoms with van der Waals surface area (Å²) in [6.45, 7) is 26.8. The van der Waals surface area contributed by atoms with Crippen molar-refractivity contribution in [2.24, 2.45) is 16.2 Å². The van der Waals surface area contributed by atoms with Crippen molar-refractivity contribution in [3.05, 3.63) is 170 Å². The molecular weight excluding hydrogens is 848 g/mol. The van der Waals surface area contributed by atoms with Crippen LogP contribution in [-0.4, -0.2) is 36.9 Å². The van der Waals surface area contributed by atoms with Gasteiger partial charge in [-0.3, -0.25) is 4.39 Å². The largest absolute Gasteiger partial charge is 0.396 e. The SMILES string of the molecule is C=CCO.CC1=C(C=Cc2cccc(C)c2)C(C)(C)CCC1.CC1=C(C=Cc2cccc(CCC=O)c2)C(C)(C)CCC1.CC1=C(C=Cc2cccc(CCCCCCO)c2)C(C)(C)CCC1.[2H]CF. The normalized spacial score (nSPS) is 17.4. The van der Waals surface area contributed by atoms with E-state index in [-0.39, 0.29) is 12.0 Å². The average molecular weight is 942 g/mol. The van der Waals surface area contributed by atoms with Crippen LogP contribution in [0.25, 0.3) is 18.2 Å². The molecule has 0 aliphatic heterocycles. The standard InChI is InChI=1S/C23H34O.C20H26O.C18H24.C3H6O.CH3F/c1-19-10-9-16-23(2,3)22(19)15-14-21-13-8-12-20(18-21)11-6-4-5-7-17-24;1-16-7-5-13-20(2,3)19(16)12-11-18-9-4-8-17(15-18)10-6-14-21;1-14-7-5-9-16(13-14)10-11-17-15(2)8-6-12-18(17,3)4;1-2-3-4;1-2/h8,12-15,18,24H,4-7,9-11,16-17H2,1-3H3;4,8-9,11-12,14-15H,5-7,10,13H2,1-3H3;5,7,9-11,13H,6,8,12H2,1-4H3;2,4H,1,3H2;1H3/i;;;;1D. The first-order chi connectivity index (χ1) is 33.4. The van der Waals surface area contributed by atoms with Crippen LogP contribution in [-0.2, 0) is 17.6 Å². The zero-order valence-corrected chi connectivity index (χ0v) is 44.9. The van der Waals surface area contributed by atoms with E-state index in [1.165, 1.54) is 132 Å². The summed E-state index contributed by atoms with van der Waals surface area (Å²) < 4.78 is 15.5. The topological polar surface area (TPSA) is 57.5 Å². The molecule has 3 aromatic carbocycles. The fourth-order valence-electron chi connectivity index (χ4n) is 10.1. The number of aliphatic hydroxyl groups excluding tert-OH is 2. The van der Waals surface area contributed by atoms with Crippen LogP contribution in [0.15, 0.2) is 137 Å². The van der Waals surface area contributed by atoms with Crippen LogP contribution < -0.4 is 0 Å². The van der Waals surface area contributed by atoms with Crippen molar-refractivity contribution in [1.82, 2.24) is 0 Å². The van der Waals surface area contributed by atoms with Gasteiger partial charge >= 0.3 is 0 Å². The van der Waals surface area contributed by atoms with Gasteiger partial charge in [-0.15, -0.1) is 6.58 Å². The second-order valence-corrected chi connectivity index (χ2v) is 21.3. The molecule has 3 nitrogen and oxygen atoms in total. The fraction of sp³-hybridized carbons (Fsp3) is 0.492. The number of alkyl halides is 1. The highest BCUT2D eigenvalue weighted by Gasteiger charge is 2.28. The second-order valence-electron chi connectivity index (χ2n) is 21.3. The van der Waals surface area contributed by atoms with Gasteiger partial charge in [0.05, 0.1) is 15.1 Å². The van der Waals surface area contributed by atoms with Gasteiger partial charge in [-0.05, 0) is 172 Å². The van der Waals surface area contributed by atoms with Crippen LogP contribution in [0.4, 0.5) is 4.39 Å². The summed E-state index contributed by atoms with van der Waals surface area (Å²) in [7, 11) is -1.00. The first kappa shape index (κ1) is 58.7. The Labute approximate surface area is 422 Å². The number of aldehydes is 1. The minimum absolute atomic E-state index is 0.0833. The van der Waals surface area contributed by atoms with E-state index in [9.17, 15) is 9.18 Å². The van der Waals surface area contributed by atoms with Crippen LogP contribution >= 0.6 is 0 Å². The molecule has 0 bridgehead atoms. The third-order valence-corrected chi connectivity index (χ3v) is 14.0. The Bertz CT molecular complexity index is 2210. The molecule has 3 aliphatic carbocycles. The Morgan fingerprint density at radius 3 is 1.32 bits per heavy atom. The summed E-state index contributed by atoms with van der Waals surface area (Å²) in [5, 5.41) is 16.6. The Kier molecular flexibility index (Phi) is 27.5. The van der Waals surface area contributed by atoms with E-state index < -0.39 is 7.15 Å². The number of aliphatic hydroxyl groups is 2. The van der Waals surface area contributed by atoms with Crippen molar-refractivity contribution in [2.75, 3.05) is 20.4 Å². The third kappa shape index (κ3) is 22.3. The highest BCUT2D eigenvalue weighted by Crippen LogP contribution is 2.43. The third-order valence-electron chi connectivity index (χ3n) is 14.0. The number of benzene rings is 3. The molecule has 0 aromatic heterocycles. The predicted octanol–water partition coefficient (Wildman–Crippen LogP) is 18.0. The molecule has 69 heavy (non-hydrogen) atoms. The van der Waals surface area contributed by atoms with Crippen LogP contribution in [0, 0.1) is 23.2 Å². The van der Waals surface area contributed by atoms with Crippen LogP contribution in [0.1, 0.15) is 187 Å². The van der Waals surface area contributed by atoms with Gasteiger partial charge in [0.2, 0.25) is 0 Å². The van der Waals surface area contributed by atoms with Gasteiger partial charge in [0.15, 0.2) is 0 Å². The second kappa shape index (κ2) is 32.3. The van der Waals surface area contributed by atoms with Gasteiger partial charge in [-0.2, -0.15) is 0 Å². The maximum absolute atomic E-state index is 10.5. The number of carbonyl (C=O) groups is 1. The van der Waals surface area contributed by atoms with E-state index in [2.05, 4.69) is 185 Å². The van der Waals surface area contributed by atoms with E-state index in [4.69, 9.17) is 11.6 Å². The summed E-state index contributed by atoms with van der Waals surface area (Å²) in [5.41, 5.74) is 18.0. The van der Waals surface area contributed by atoms with Crippen LogP contribution in [0.3, 0.4) is 0 Å². The molecule has 2 N–H and O–H groups in total. The van der Waals surface area contributed by atoms with E-state index in [0.717, 1.165) is 32.0 Å². The number of allylic oxidation sites excluding steroid dienone is 9. The minimum atomic E-state index is -1.00. The number of aryl methyl sites for hydroxylation is 3. The number of hydrogen-bond donors (Lipinski definition) is 2. The lowest BCUT2D eigenvalue weighted by Crippen LogP contribution is -2.18. The molecule has 0 spiro atoms. The van der Waals surface area contributed by atoms with Crippen molar-refractivity contribution >= 4 is 24.5 Å². The zero-order chi connectivity index (χ0) is 52.0. The van der Waals surface area contributed by atoms with Crippen molar-refractivity contribution in [3.8, 4) is 0 Å². The number of hydrogen-bond acceptors (Lipinski definition) is 3. The first-order valence-electron chi connectivity index (χ1n) is 26.6. The maximum Gasteiger partial charge on any atom is 0.120 e. The summed E-state index contributed by atoms with van der Waals surface area (Å²) >= 11 is 0.